The van der Waals surface area contributed by atoms with Crippen LogP contribution in [0.2, 0.25) is 0 Å². The molecule has 0 saturated heterocycles. The molecule has 0 heterocycles. The van der Waals surface area contributed by atoms with Crippen LogP contribution < -0.4 is 47.9 Å². The van der Waals surface area contributed by atoms with Gasteiger partial charge < -0.3 is 62.9 Å². The molecule has 0 saturated carbocycles. The average Bonchev–Trinajstić information content (AvgIpc) is 1.82. The quantitative estimate of drug-likeness (QED) is 0.460. The molecule has 0 aromatic heterocycles. The number of carbonyl (C=O) groups excluding carboxylic acids is 2. The van der Waals surface area contributed by atoms with Crippen LogP contribution in [0.1, 0.15) is 12.8 Å². The van der Waals surface area contributed by atoms with E-state index in [2.05, 4.69) is 0 Å². The van der Waals surface area contributed by atoms with Gasteiger partial charge in [0.15, 0.2) is 5.60 Å². The van der Waals surface area contributed by atoms with Gasteiger partial charge in [-0.1, -0.05) is 0 Å². The second-order valence-electron chi connectivity index (χ2n) is 2.43. The largest absolute Gasteiger partial charge is 1.00 e. The Bertz CT molecular complexity index is 241. The van der Waals surface area contributed by atoms with Gasteiger partial charge in [-0.2, -0.15) is 0 Å². The first-order chi connectivity index (χ1) is 5.78. The average molecular weight is 312 g/mol. The van der Waals surface area contributed by atoms with Gasteiger partial charge in [0.25, 0.3) is 0 Å². The Kier molecular flexibility index (Phi) is 68.6. The third kappa shape index (κ3) is 24.7. The number of carboxylic acids is 3. The van der Waals surface area contributed by atoms with Crippen LogP contribution >= 0.6 is 0 Å². The summed E-state index contributed by atoms with van der Waals surface area (Å²) in [6, 6.07) is 0. The van der Waals surface area contributed by atoms with Crippen molar-refractivity contribution in [3.05, 3.63) is 0 Å². The molecule has 0 aliphatic rings. The number of rotatable bonds is 5. The molecule has 0 aromatic rings. The van der Waals surface area contributed by atoms with Gasteiger partial charge in [-0.3, -0.25) is 0 Å². The van der Waals surface area contributed by atoms with E-state index in [-0.39, 0.29) is 70.6 Å². The maximum Gasteiger partial charge on any atom is 1.00 e. The van der Waals surface area contributed by atoms with Crippen LogP contribution in [0, 0.1) is 0 Å². The van der Waals surface area contributed by atoms with Crippen molar-refractivity contribution in [3.8, 4) is 0 Å². The van der Waals surface area contributed by atoms with Crippen molar-refractivity contribution >= 4 is 17.9 Å². The topological polar surface area (TPSA) is 327 Å². The number of hydrogen-bond acceptors (Lipinski definition) is 6. The number of aliphatic carboxylic acids is 3. The van der Waals surface area contributed by atoms with Crippen LogP contribution in [0.4, 0.5) is 0 Å². The van der Waals surface area contributed by atoms with Crippen molar-refractivity contribution in [1.29, 1.82) is 0 Å². The molecule has 0 atom stereocenters. The summed E-state index contributed by atoms with van der Waals surface area (Å²) in [5.74, 6) is -5.65. The zero-order chi connectivity index (χ0) is 10.6. The molecule has 0 rings (SSSR count). The molecule has 14 N–H and O–H groups in total. The molecule has 0 aliphatic carbocycles. The normalized spacial score (nSPS) is 6.71. The second kappa shape index (κ2) is 24.3. The summed E-state index contributed by atoms with van der Waals surface area (Å²) in [6.45, 7) is 0. The minimum atomic E-state index is -2.86. The standard InChI is InChI=1S/C6H8O7.2Li.6H2O/c7-3(8)1-6(13,5(11)12)2-4(9)10;;;;;;;;/h13H,1-2H2,(H,7,8)(H,9,10)(H,11,12);;;6*1H2/q;2*+1;;;;;;/p-2. The van der Waals surface area contributed by atoms with Gasteiger partial charge in [-0.15, -0.1) is 0 Å². The molecular formula is C6H18Li2O13. The molecule has 0 radical (unpaired) electrons. The summed E-state index contributed by atoms with van der Waals surface area (Å²) < 4.78 is 0. The fourth-order valence-corrected chi connectivity index (χ4v) is 0.691. The van der Waals surface area contributed by atoms with Crippen LogP contribution in [0.5, 0.6) is 0 Å². The van der Waals surface area contributed by atoms with Crippen LogP contribution in [0.15, 0.2) is 0 Å². The summed E-state index contributed by atoms with van der Waals surface area (Å²) >= 11 is 0. The summed E-state index contributed by atoms with van der Waals surface area (Å²) in [4.78, 5) is 30.2. The predicted octanol–water partition coefficient (Wildman–Crippen LogP) is -14.9. The van der Waals surface area contributed by atoms with Gasteiger partial charge in [0.1, 0.15) is 0 Å². The Hall–Kier alpha value is -0.675. The zero-order valence-corrected chi connectivity index (χ0v) is 11.3. The number of carboxylic acid groups (broad SMARTS) is 3. The monoisotopic (exact) mass is 312 g/mol. The molecular weight excluding hydrogens is 294 g/mol. The molecule has 0 amide bonds. The van der Waals surface area contributed by atoms with Gasteiger partial charge >= 0.3 is 43.7 Å². The van der Waals surface area contributed by atoms with Crippen molar-refractivity contribution in [2.75, 3.05) is 0 Å². The van der Waals surface area contributed by atoms with Gasteiger partial charge in [0.05, 0.1) is 0 Å². The minimum Gasteiger partial charge on any atom is -0.550 e. The van der Waals surface area contributed by atoms with Crippen molar-refractivity contribution in [1.82, 2.24) is 0 Å². The van der Waals surface area contributed by atoms with E-state index in [1.807, 2.05) is 0 Å². The molecule has 13 nitrogen and oxygen atoms in total. The van der Waals surface area contributed by atoms with Gasteiger partial charge in [0.2, 0.25) is 0 Å². The Morgan fingerprint density at radius 2 is 0.952 bits per heavy atom. The van der Waals surface area contributed by atoms with E-state index in [0.717, 1.165) is 0 Å². The first-order valence-electron chi connectivity index (χ1n) is 3.13. The molecule has 15 heteroatoms. The second-order valence-corrected chi connectivity index (χ2v) is 2.43. The fourth-order valence-electron chi connectivity index (χ4n) is 0.691. The molecule has 0 fully saturated rings. The van der Waals surface area contributed by atoms with Crippen molar-refractivity contribution in [2.24, 2.45) is 0 Å². The van der Waals surface area contributed by atoms with Crippen molar-refractivity contribution in [3.63, 3.8) is 0 Å². The van der Waals surface area contributed by atoms with Crippen LogP contribution in [0.3, 0.4) is 0 Å². The Morgan fingerprint density at radius 1 is 0.762 bits per heavy atom. The van der Waals surface area contributed by atoms with E-state index < -0.39 is 36.4 Å². The maximum absolute atomic E-state index is 10.3. The number of carbonyl (C=O) groups is 3. The first kappa shape index (κ1) is 59.2. The third-order valence-corrected chi connectivity index (χ3v) is 1.27. The van der Waals surface area contributed by atoms with Crippen molar-refractivity contribution < 1.29 is 105 Å². The van der Waals surface area contributed by atoms with E-state index in [9.17, 15) is 24.6 Å². The Morgan fingerprint density at radius 3 is 1.05 bits per heavy atom. The Balaban J connectivity index is -0.0000000257. The number of aliphatic hydroxyl groups is 1. The van der Waals surface area contributed by atoms with E-state index >= 15 is 0 Å². The van der Waals surface area contributed by atoms with Gasteiger partial charge in [-0.05, 0) is 0 Å². The van der Waals surface area contributed by atoms with Crippen LogP contribution in [0.25, 0.3) is 0 Å². The van der Waals surface area contributed by atoms with Crippen LogP contribution in [-0.2, 0) is 14.4 Å². The Labute approximate surface area is 142 Å². The minimum absolute atomic E-state index is 0. The fraction of sp³-hybridized carbons (Fsp3) is 0.500. The SMILES string of the molecule is O.O.O.O.O.O.O=C([O-])CC(O)(CC(=O)[O-])C(=O)O.[Li+].[Li+]. The maximum atomic E-state index is 10.3. The zero-order valence-electron chi connectivity index (χ0n) is 11.3. The predicted molar refractivity (Wildman–Crippen MR) is 53.5 cm³/mol. The molecule has 21 heavy (non-hydrogen) atoms. The molecule has 0 aliphatic heterocycles. The molecule has 0 bridgehead atoms. The van der Waals surface area contributed by atoms with Crippen LogP contribution in [-0.4, -0.2) is 66.6 Å². The molecule has 0 unspecified atom stereocenters. The molecule has 0 spiro atoms. The first-order valence-corrected chi connectivity index (χ1v) is 3.13. The van der Waals surface area contributed by atoms with Gasteiger partial charge in [-0.25, -0.2) is 4.79 Å². The third-order valence-electron chi connectivity index (χ3n) is 1.27. The van der Waals surface area contributed by atoms with Crippen molar-refractivity contribution in [2.45, 2.75) is 18.4 Å². The van der Waals surface area contributed by atoms with Gasteiger partial charge in [0, 0.05) is 24.8 Å². The number of hydrogen-bond donors (Lipinski definition) is 2. The van der Waals surface area contributed by atoms with E-state index in [4.69, 9.17) is 10.2 Å². The summed E-state index contributed by atoms with van der Waals surface area (Å²) in [5, 5.41) is 37.2. The smallest absolute Gasteiger partial charge is 0.550 e. The molecule has 122 valence electrons. The van der Waals surface area contributed by atoms with E-state index in [1.165, 1.54) is 0 Å². The molecule has 0 aromatic carbocycles. The van der Waals surface area contributed by atoms with E-state index in [0.29, 0.717) is 0 Å². The summed E-state index contributed by atoms with van der Waals surface area (Å²) in [6.07, 6.45) is -2.59. The van der Waals surface area contributed by atoms with E-state index in [1.54, 1.807) is 0 Å². The summed E-state index contributed by atoms with van der Waals surface area (Å²) in [5.41, 5.74) is -2.86. The summed E-state index contributed by atoms with van der Waals surface area (Å²) in [7, 11) is 0.